The quantitative estimate of drug-likeness (QED) is 0.346. The number of H-pyrrole nitrogens is 2. The summed E-state index contributed by atoms with van der Waals surface area (Å²) in [5.74, 6) is -0.123. The number of imidazole rings is 1. The third kappa shape index (κ3) is 2.06. The Bertz CT molecular complexity index is 797. The molecule has 0 unspecified atom stereocenters. The Hall–Kier alpha value is -1.79. The summed E-state index contributed by atoms with van der Waals surface area (Å²) in [7, 11) is 0. The molecule has 3 rings (SSSR count). The van der Waals surface area contributed by atoms with E-state index < -0.39 is 36.7 Å². The highest BCUT2D eigenvalue weighted by atomic mass is 32.1. The zero-order valence-electron chi connectivity index (χ0n) is 10.6. The minimum Gasteiger partial charge on any atom is -0.394 e. The molecule has 0 radical (unpaired) electrons. The second-order valence-corrected chi connectivity index (χ2v) is 5.07. The molecule has 114 valence electrons. The number of anilines is 1. The third-order valence-electron chi connectivity index (χ3n) is 3.37. The van der Waals surface area contributed by atoms with Gasteiger partial charge in [-0.2, -0.15) is 4.98 Å². The fourth-order valence-electron chi connectivity index (χ4n) is 2.36. The Morgan fingerprint density at radius 1 is 1.38 bits per heavy atom. The number of hydrogen-bond donors (Lipinski definition) is 6. The summed E-state index contributed by atoms with van der Waals surface area (Å²) >= 11 is 5.10. The van der Waals surface area contributed by atoms with Crippen LogP contribution in [0.4, 0.5) is 5.95 Å². The number of aliphatic hydroxyl groups excluding tert-OH is 3. The molecule has 11 heteroatoms. The second kappa shape index (κ2) is 4.89. The number of rotatable bonds is 2. The summed E-state index contributed by atoms with van der Waals surface area (Å²) in [6.07, 6.45) is -4.68. The summed E-state index contributed by atoms with van der Waals surface area (Å²) in [5, 5.41) is 28.9. The summed E-state index contributed by atoms with van der Waals surface area (Å²) in [4.78, 5) is 20.7. The van der Waals surface area contributed by atoms with Gasteiger partial charge >= 0.3 is 0 Å². The molecule has 21 heavy (non-hydrogen) atoms. The normalized spacial score (nSPS) is 29.3. The van der Waals surface area contributed by atoms with Crippen molar-refractivity contribution in [2.75, 3.05) is 12.3 Å². The van der Waals surface area contributed by atoms with Crippen molar-refractivity contribution in [3.63, 3.8) is 0 Å². The van der Waals surface area contributed by atoms with Crippen molar-refractivity contribution in [1.82, 2.24) is 19.5 Å². The van der Waals surface area contributed by atoms with Gasteiger partial charge in [-0.05, 0) is 12.2 Å². The highest BCUT2D eigenvalue weighted by molar-refractivity contribution is 7.71. The molecule has 4 atom stereocenters. The van der Waals surface area contributed by atoms with Crippen LogP contribution in [0.2, 0.25) is 0 Å². The minimum atomic E-state index is -1.34. The number of aromatic nitrogens is 4. The van der Waals surface area contributed by atoms with Gasteiger partial charge < -0.3 is 30.8 Å². The predicted molar refractivity (Wildman–Crippen MR) is 73.0 cm³/mol. The van der Waals surface area contributed by atoms with Crippen LogP contribution in [0.15, 0.2) is 4.79 Å². The average molecular weight is 315 g/mol. The third-order valence-corrected chi connectivity index (χ3v) is 3.67. The molecular formula is C10H13N5O5S. The van der Waals surface area contributed by atoms with Crippen LogP contribution in [-0.4, -0.2) is 59.8 Å². The van der Waals surface area contributed by atoms with Crippen LogP contribution in [0.5, 0.6) is 0 Å². The Labute approximate surface area is 121 Å². The maximum atomic E-state index is 11.8. The van der Waals surface area contributed by atoms with E-state index in [4.69, 9.17) is 27.8 Å². The minimum absolute atomic E-state index is 0.0726. The lowest BCUT2D eigenvalue weighted by Gasteiger charge is -2.16. The molecule has 2 aromatic heterocycles. The molecule has 0 spiro atoms. The van der Waals surface area contributed by atoms with E-state index in [1.54, 1.807) is 0 Å². The fourth-order valence-corrected chi connectivity index (χ4v) is 2.65. The van der Waals surface area contributed by atoms with Crippen LogP contribution in [0, 0.1) is 4.77 Å². The number of fused-ring (bicyclic) bond motifs is 1. The molecule has 1 aliphatic heterocycles. The number of nitrogens with one attached hydrogen (secondary N) is 2. The average Bonchev–Trinajstić information content (AvgIpc) is 2.89. The lowest BCUT2D eigenvalue weighted by Crippen LogP contribution is -2.33. The van der Waals surface area contributed by atoms with Gasteiger partial charge in [-0.3, -0.25) is 14.3 Å². The van der Waals surface area contributed by atoms with E-state index in [0.29, 0.717) is 0 Å². The lowest BCUT2D eigenvalue weighted by atomic mass is 10.1. The molecule has 0 bridgehead atoms. The van der Waals surface area contributed by atoms with E-state index in [0.717, 1.165) is 0 Å². The van der Waals surface area contributed by atoms with Crippen molar-refractivity contribution >= 4 is 29.3 Å². The maximum absolute atomic E-state index is 11.8. The maximum Gasteiger partial charge on any atom is 0.278 e. The molecular weight excluding hydrogens is 302 g/mol. The van der Waals surface area contributed by atoms with Gasteiger partial charge in [0, 0.05) is 0 Å². The second-order valence-electron chi connectivity index (χ2n) is 4.68. The van der Waals surface area contributed by atoms with Crippen molar-refractivity contribution in [2.24, 2.45) is 0 Å². The van der Waals surface area contributed by atoms with Gasteiger partial charge in [0.1, 0.15) is 18.3 Å². The first kappa shape index (κ1) is 14.2. The zero-order chi connectivity index (χ0) is 15.3. The monoisotopic (exact) mass is 315 g/mol. The van der Waals surface area contributed by atoms with E-state index in [9.17, 15) is 15.0 Å². The summed E-state index contributed by atoms with van der Waals surface area (Å²) in [5.41, 5.74) is 5.15. The number of nitrogens with zero attached hydrogens (tertiary/aromatic N) is 2. The van der Waals surface area contributed by atoms with Crippen molar-refractivity contribution < 1.29 is 20.1 Å². The summed E-state index contributed by atoms with van der Waals surface area (Å²) < 4.78 is 6.70. The van der Waals surface area contributed by atoms with E-state index in [1.807, 2.05) is 0 Å². The first-order valence-electron chi connectivity index (χ1n) is 6.06. The Balaban J connectivity index is 2.20. The number of nitrogens with two attached hydrogens (primary N) is 1. The van der Waals surface area contributed by atoms with Crippen molar-refractivity contribution in [3.8, 4) is 0 Å². The van der Waals surface area contributed by atoms with Gasteiger partial charge in [0.2, 0.25) is 5.95 Å². The smallest absolute Gasteiger partial charge is 0.278 e. The van der Waals surface area contributed by atoms with Crippen LogP contribution < -0.4 is 11.3 Å². The fraction of sp³-hybridized carbons (Fsp3) is 0.500. The van der Waals surface area contributed by atoms with E-state index >= 15 is 0 Å². The summed E-state index contributed by atoms with van der Waals surface area (Å²) in [6.45, 7) is -0.472. The van der Waals surface area contributed by atoms with Gasteiger partial charge in [0.25, 0.3) is 5.56 Å². The van der Waals surface area contributed by atoms with E-state index in [-0.39, 0.29) is 21.9 Å². The molecule has 1 aliphatic rings. The van der Waals surface area contributed by atoms with Gasteiger partial charge in [0.15, 0.2) is 22.2 Å². The lowest BCUT2D eigenvalue weighted by molar-refractivity contribution is -0.0516. The SMILES string of the molecule is Nc1nc2c([nH]c(=S)n2[C@H]2O[C@@H](CO)[C@H](O)[C@@H]2O)c(=O)[nH]1. The van der Waals surface area contributed by atoms with Crippen LogP contribution >= 0.6 is 12.2 Å². The number of ether oxygens (including phenoxy) is 1. The largest absolute Gasteiger partial charge is 0.394 e. The van der Waals surface area contributed by atoms with Crippen LogP contribution in [0.1, 0.15) is 6.23 Å². The van der Waals surface area contributed by atoms with Crippen molar-refractivity contribution in [3.05, 3.63) is 15.1 Å². The first-order chi connectivity index (χ1) is 9.93. The Kier molecular flexibility index (Phi) is 3.30. The molecule has 7 N–H and O–H groups in total. The van der Waals surface area contributed by atoms with Crippen molar-refractivity contribution in [2.45, 2.75) is 24.5 Å². The highest BCUT2D eigenvalue weighted by Crippen LogP contribution is 2.31. The zero-order valence-corrected chi connectivity index (χ0v) is 11.4. The van der Waals surface area contributed by atoms with Crippen LogP contribution in [0.3, 0.4) is 0 Å². The Morgan fingerprint density at radius 2 is 2.10 bits per heavy atom. The topological polar surface area (TPSA) is 162 Å². The Morgan fingerprint density at radius 3 is 2.71 bits per heavy atom. The molecule has 0 aliphatic carbocycles. The standard InChI is InChI=1S/C10H13N5O5S/c11-9-13-6-3(7(19)14-9)12-10(21)15(6)8-5(18)4(17)2(1-16)20-8/h2,4-5,8,16-18H,1H2,(H,12,21)(H3,11,13,14,19)/t2-,4-,5-,8-/m0/s1. The molecule has 10 nitrogen and oxygen atoms in total. The highest BCUT2D eigenvalue weighted by Gasteiger charge is 2.44. The number of aromatic amines is 2. The van der Waals surface area contributed by atoms with Crippen LogP contribution in [0.25, 0.3) is 11.2 Å². The first-order valence-corrected chi connectivity index (χ1v) is 6.47. The number of hydrogen-bond acceptors (Lipinski definition) is 8. The molecule has 3 heterocycles. The molecule has 0 saturated carbocycles. The molecule has 0 aromatic carbocycles. The molecule has 1 saturated heterocycles. The van der Waals surface area contributed by atoms with Crippen LogP contribution in [-0.2, 0) is 4.74 Å². The van der Waals surface area contributed by atoms with Gasteiger partial charge in [-0.25, -0.2) is 0 Å². The van der Waals surface area contributed by atoms with E-state index in [1.165, 1.54) is 4.57 Å². The predicted octanol–water partition coefficient (Wildman–Crippen LogP) is -2.02. The molecule has 2 aromatic rings. The number of aliphatic hydroxyl groups is 3. The molecule has 0 amide bonds. The van der Waals surface area contributed by atoms with Gasteiger partial charge in [0.05, 0.1) is 6.61 Å². The van der Waals surface area contributed by atoms with Crippen molar-refractivity contribution in [1.29, 1.82) is 0 Å². The van der Waals surface area contributed by atoms with E-state index in [2.05, 4.69) is 15.0 Å². The van der Waals surface area contributed by atoms with Gasteiger partial charge in [-0.15, -0.1) is 0 Å². The number of nitrogen functional groups attached to an aromatic ring is 1. The van der Waals surface area contributed by atoms with Gasteiger partial charge in [-0.1, -0.05) is 0 Å². The summed E-state index contributed by atoms with van der Waals surface area (Å²) in [6, 6.07) is 0. The molecule has 1 fully saturated rings.